The highest BCUT2D eigenvalue weighted by molar-refractivity contribution is 7.16. The van der Waals surface area contributed by atoms with Crippen LogP contribution in [0.4, 0.5) is 9.80 Å². The highest BCUT2D eigenvalue weighted by Crippen LogP contribution is 2.37. The zero-order valence-corrected chi connectivity index (χ0v) is 16.7. The third kappa shape index (κ3) is 4.65. The second kappa shape index (κ2) is 8.91. The molecular weight excluding hydrogens is 382 g/mol. The van der Waals surface area contributed by atoms with Crippen molar-refractivity contribution in [2.24, 2.45) is 0 Å². The largest absolute Gasteiger partial charge is 0.444 e. The number of anilines is 1. The van der Waals surface area contributed by atoms with Crippen molar-refractivity contribution in [2.45, 2.75) is 26.1 Å². The Morgan fingerprint density at radius 3 is 2.48 bits per heavy atom. The van der Waals surface area contributed by atoms with Crippen molar-refractivity contribution in [1.82, 2.24) is 4.90 Å². The van der Waals surface area contributed by atoms with Gasteiger partial charge in [-0.25, -0.2) is 4.79 Å². The van der Waals surface area contributed by atoms with Crippen molar-refractivity contribution in [1.29, 1.82) is 5.26 Å². The third-order valence-electron chi connectivity index (χ3n) is 4.93. The number of nitrogens with zero attached hydrogens (tertiary/aromatic N) is 2. The summed E-state index contributed by atoms with van der Waals surface area (Å²) in [5.74, 6) is 0. The normalized spacial score (nSPS) is 13.3. The second-order valence-corrected chi connectivity index (χ2v) is 8.06. The lowest BCUT2D eigenvalue weighted by molar-refractivity contribution is 0.155. The minimum Gasteiger partial charge on any atom is -0.444 e. The van der Waals surface area contributed by atoms with Crippen molar-refractivity contribution in [3.8, 4) is 6.07 Å². The number of fused-ring (bicyclic) bond motifs is 1. The van der Waals surface area contributed by atoms with Gasteiger partial charge in [-0.1, -0.05) is 60.7 Å². The molecule has 2 heterocycles. The van der Waals surface area contributed by atoms with Crippen LogP contribution in [0.2, 0.25) is 0 Å². The molecule has 0 saturated carbocycles. The molecule has 1 N–H and O–H groups in total. The zero-order chi connectivity index (χ0) is 20.1. The molecule has 6 heteroatoms. The summed E-state index contributed by atoms with van der Waals surface area (Å²) in [4.78, 5) is 15.7. The Kier molecular flexibility index (Phi) is 5.89. The van der Waals surface area contributed by atoms with Crippen molar-refractivity contribution < 1.29 is 9.53 Å². The van der Waals surface area contributed by atoms with Gasteiger partial charge in [-0.05, 0) is 23.1 Å². The van der Waals surface area contributed by atoms with E-state index in [-0.39, 0.29) is 6.61 Å². The molecule has 0 unspecified atom stereocenters. The van der Waals surface area contributed by atoms with Crippen LogP contribution in [0.3, 0.4) is 0 Å². The summed E-state index contributed by atoms with van der Waals surface area (Å²) in [6, 6.07) is 22.2. The zero-order valence-electron chi connectivity index (χ0n) is 15.9. The lowest BCUT2D eigenvalue weighted by Gasteiger charge is -2.26. The fraction of sp³-hybridized carbons (Fsp3) is 0.217. The molecule has 1 amide bonds. The number of amides is 1. The number of carbonyl (C=O) groups excluding carboxylic acids is 1. The molecular formula is C23H21N3O2S. The van der Waals surface area contributed by atoms with Crippen LogP contribution in [0.15, 0.2) is 60.7 Å². The van der Waals surface area contributed by atoms with Crippen LogP contribution in [0.1, 0.15) is 27.1 Å². The highest BCUT2D eigenvalue weighted by Gasteiger charge is 2.25. The summed E-state index contributed by atoms with van der Waals surface area (Å²) >= 11 is 1.47. The first kappa shape index (κ1) is 19.2. The number of thiophene rings is 1. The molecule has 0 aliphatic carbocycles. The van der Waals surface area contributed by atoms with Crippen LogP contribution in [-0.2, 0) is 30.9 Å². The summed E-state index contributed by atoms with van der Waals surface area (Å²) in [5, 5.41) is 13.0. The fourth-order valence-electron chi connectivity index (χ4n) is 3.49. The van der Waals surface area contributed by atoms with E-state index in [2.05, 4.69) is 28.4 Å². The van der Waals surface area contributed by atoms with Gasteiger partial charge in [0.2, 0.25) is 0 Å². The molecule has 3 aromatic rings. The molecule has 29 heavy (non-hydrogen) atoms. The average Bonchev–Trinajstić information content (AvgIpc) is 3.09. The molecule has 0 radical (unpaired) electrons. The Morgan fingerprint density at radius 2 is 1.79 bits per heavy atom. The van der Waals surface area contributed by atoms with Crippen LogP contribution >= 0.6 is 11.3 Å². The number of ether oxygens (including phenoxy) is 1. The SMILES string of the molecule is N#Cc1c(NC(=O)OCc2ccccc2)sc2c1CCN(Cc1ccccc1)C2. The van der Waals surface area contributed by atoms with Gasteiger partial charge in [0.1, 0.15) is 17.7 Å². The highest BCUT2D eigenvalue weighted by atomic mass is 32.1. The number of hydrogen-bond donors (Lipinski definition) is 1. The summed E-state index contributed by atoms with van der Waals surface area (Å²) in [7, 11) is 0. The van der Waals surface area contributed by atoms with Gasteiger partial charge in [-0.3, -0.25) is 10.2 Å². The first-order chi connectivity index (χ1) is 14.2. The van der Waals surface area contributed by atoms with Gasteiger partial charge in [-0.15, -0.1) is 11.3 Å². The Labute approximate surface area is 174 Å². The maximum atomic E-state index is 12.2. The number of nitriles is 1. The molecule has 0 bridgehead atoms. The molecule has 0 fully saturated rings. The smallest absolute Gasteiger partial charge is 0.412 e. The van der Waals surface area contributed by atoms with E-state index in [1.807, 2.05) is 48.5 Å². The molecule has 0 saturated heterocycles. The molecule has 0 spiro atoms. The van der Waals surface area contributed by atoms with E-state index in [1.54, 1.807) is 0 Å². The van der Waals surface area contributed by atoms with E-state index in [1.165, 1.54) is 16.9 Å². The van der Waals surface area contributed by atoms with Crippen molar-refractivity contribution >= 4 is 22.4 Å². The molecule has 146 valence electrons. The lowest BCUT2D eigenvalue weighted by Crippen LogP contribution is -2.29. The summed E-state index contributed by atoms with van der Waals surface area (Å²) in [6.07, 6.45) is 0.271. The molecule has 0 atom stereocenters. The van der Waals surface area contributed by atoms with E-state index in [9.17, 15) is 10.1 Å². The van der Waals surface area contributed by atoms with Gasteiger partial charge in [0, 0.05) is 24.5 Å². The van der Waals surface area contributed by atoms with E-state index >= 15 is 0 Å². The molecule has 1 aromatic heterocycles. The van der Waals surface area contributed by atoms with Gasteiger partial charge in [0.15, 0.2) is 0 Å². The first-order valence-electron chi connectivity index (χ1n) is 9.51. The first-order valence-corrected chi connectivity index (χ1v) is 10.3. The number of benzene rings is 2. The maximum absolute atomic E-state index is 12.2. The van der Waals surface area contributed by atoms with Gasteiger partial charge in [-0.2, -0.15) is 5.26 Å². The minimum atomic E-state index is -0.537. The summed E-state index contributed by atoms with van der Waals surface area (Å²) in [5.41, 5.74) is 3.82. The van der Waals surface area contributed by atoms with Crippen LogP contribution in [0.25, 0.3) is 0 Å². The Bertz CT molecular complexity index is 1030. The van der Waals surface area contributed by atoms with Gasteiger partial charge >= 0.3 is 6.09 Å². The second-order valence-electron chi connectivity index (χ2n) is 6.95. The Balaban J connectivity index is 1.42. The van der Waals surface area contributed by atoms with Crippen molar-refractivity contribution in [3.63, 3.8) is 0 Å². The average molecular weight is 404 g/mol. The quantitative estimate of drug-likeness (QED) is 0.656. The van der Waals surface area contributed by atoms with Gasteiger partial charge in [0.05, 0.1) is 5.56 Å². The number of carbonyl (C=O) groups is 1. The van der Waals surface area contributed by atoms with E-state index < -0.39 is 6.09 Å². The Morgan fingerprint density at radius 1 is 1.10 bits per heavy atom. The maximum Gasteiger partial charge on any atom is 0.412 e. The number of rotatable bonds is 5. The van der Waals surface area contributed by atoms with Crippen molar-refractivity contribution in [2.75, 3.05) is 11.9 Å². The van der Waals surface area contributed by atoms with Crippen molar-refractivity contribution in [3.05, 3.63) is 87.8 Å². The monoisotopic (exact) mass is 403 g/mol. The van der Waals surface area contributed by atoms with Crippen LogP contribution in [0, 0.1) is 11.3 Å². The Hall–Kier alpha value is -3.14. The van der Waals surface area contributed by atoms with E-state index in [0.29, 0.717) is 10.6 Å². The molecule has 1 aliphatic heterocycles. The standard InChI is InChI=1S/C23H21N3O2S/c24-13-20-19-11-12-26(14-17-7-3-1-4-8-17)15-21(19)29-22(20)25-23(27)28-16-18-9-5-2-6-10-18/h1-10H,11-12,14-16H2,(H,25,27). The van der Waals surface area contributed by atoms with Gasteiger partial charge < -0.3 is 4.74 Å². The number of hydrogen-bond acceptors (Lipinski definition) is 5. The van der Waals surface area contributed by atoms with Crippen LogP contribution < -0.4 is 5.32 Å². The summed E-state index contributed by atoms with van der Waals surface area (Å²) in [6.45, 7) is 2.75. The minimum absolute atomic E-state index is 0.199. The third-order valence-corrected chi connectivity index (χ3v) is 6.06. The predicted octanol–water partition coefficient (Wildman–Crippen LogP) is 4.93. The topological polar surface area (TPSA) is 65.4 Å². The molecule has 1 aliphatic rings. The van der Waals surface area contributed by atoms with Crippen LogP contribution in [-0.4, -0.2) is 17.5 Å². The molecule has 2 aromatic carbocycles. The van der Waals surface area contributed by atoms with Gasteiger partial charge in [0.25, 0.3) is 0 Å². The molecule has 5 nitrogen and oxygen atoms in total. The number of nitrogens with one attached hydrogen (secondary N) is 1. The fourth-order valence-corrected chi connectivity index (χ4v) is 4.72. The lowest BCUT2D eigenvalue weighted by atomic mass is 10.0. The summed E-state index contributed by atoms with van der Waals surface area (Å²) < 4.78 is 5.30. The van der Waals surface area contributed by atoms with E-state index in [4.69, 9.17) is 4.74 Å². The van der Waals surface area contributed by atoms with E-state index in [0.717, 1.165) is 42.1 Å². The predicted molar refractivity (Wildman–Crippen MR) is 114 cm³/mol. The van der Waals surface area contributed by atoms with Crippen LogP contribution in [0.5, 0.6) is 0 Å². The molecule has 4 rings (SSSR count).